The molecule has 0 N–H and O–H groups in total. The van der Waals surface area contributed by atoms with Gasteiger partial charge in [0, 0.05) is 21.5 Å². The molecule has 1 aromatic carbocycles. The predicted molar refractivity (Wildman–Crippen MR) is 78.1 cm³/mol. The van der Waals surface area contributed by atoms with Gasteiger partial charge < -0.3 is 4.40 Å². The van der Waals surface area contributed by atoms with Crippen LogP contribution in [0.1, 0.15) is 5.56 Å². The summed E-state index contributed by atoms with van der Waals surface area (Å²) in [6.07, 6.45) is 4.04. The predicted octanol–water partition coefficient (Wildman–Crippen LogP) is 3.48. The van der Waals surface area contributed by atoms with Crippen LogP contribution < -0.4 is 0 Å². The van der Waals surface area contributed by atoms with Crippen LogP contribution >= 0.6 is 22.6 Å². The number of nitrogens with zero attached hydrogens (tertiary/aromatic N) is 3. The minimum absolute atomic E-state index is 0.664. The number of aromatic nitrogens is 2. The molecule has 0 aliphatic carbocycles. The van der Waals surface area contributed by atoms with E-state index >= 15 is 0 Å². The van der Waals surface area contributed by atoms with E-state index in [1.165, 1.54) is 3.57 Å². The molecule has 0 saturated carbocycles. The highest BCUT2D eigenvalue weighted by Gasteiger charge is 2.04. The number of pyridine rings is 1. The van der Waals surface area contributed by atoms with Crippen LogP contribution in [0.5, 0.6) is 0 Å². The lowest BCUT2D eigenvalue weighted by molar-refractivity contribution is 1.17. The maximum absolute atomic E-state index is 8.77. The summed E-state index contributed by atoms with van der Waals surface area (Å²) >= 11 is 2.28. The van der Waals surface area contributed by atoms with Crippen molar-refractivity contribution in [3.63, 3.8) is 0 Å². The molecule has 2 aromatic heterocycles. The van der Waals surface area contributed by atoms with Crippen molar-refractivity contribution >= 4 is 28.2 Å². The van der Waals surface area contributed by atoms with E-state index in [9.17, 15) is 0 Å². The highest BCUT2D eigenvalue weighted by atomic mass is 127. The quantitative estimate of drug-likeness (QED) is 0.634. The maximum atomic E-state index is 8.77. The minimum atomic E-state index is 0.664. The minimum Gasteiger partial charge on any atom is -0.305 e. The third-order valence-corrected chi connectivity index (χ3v) is 3.36. The van der Waals surface area contributed by atoms with Crippen LogP contribution in [0.15, 0.2) is 48.8 Å². The topological polar surface area (TPSA) is 41.1 Å². The van der Waals surface area contributed by atoms with Gasteiger partial charge >= 0.3 is 0 Å². The van der Waals surface area contributed by atoms with E-state index in [-0.39, 0.29) is 0 Å². The van der Waals surface area contributed by atoms with Gasteiger partial charge in [-0.25, -0.2) is 4.98 Å². The summed E-state index contributed by atoms with van der Waals surface area (Å²) in [6, 6.07) is 13.6. The molecule has 0 aliphatic rings. The van der Waals surface area contributed by atoms with Crippen molar-refractivity contribution in [2.24, 2.45) is 0 Å². The number of benzene rings is 1. The van der Waals surface area contributed by atoms with Gasteiger partial charge in [-0.3, -0.25) is 0 Å². The van der Waals surface area contributed by atoms with Crippen molar-refractivity contribution in [3.05, 3.63) is 57.9 Å². The van der Waals surface area contributed by atoms with Crippen LogP contribution in [0.2, 0.25) is 0 Å². The molecule has 3 aromatic rings. The normalized spacial score (nSPS) is 10.4. The zero-order valence-electron chi connectivity index (χ0n) is 9.34. The Kier molecular flexibility index (Phi) is 2.76. The van der Waals surface area contributed by atoms with Crippen LogP contribution in [0.25, 0.3) is 16.9 Å². The van der Waals surface area contributed by atoms with Gasteiger partial charge in [0.2, 0.25) is 0 Å². The molecule has 0 saturated heterocycles. The second kappa shape index (κ2) is 4.42. The molecule has 0 spiro atoms. The molecule has 4 heteroatoms. The lowest BCUT2D eigenvalue weighted by atomic mass is 10.1. The summed E-state index contributed by atoms with van der Waals surface area (Å²) < 4.78 is 3.18. The fraction of sp³-hybridized carbons (Fsp3) is 0. The van der Waals surface area contributed by atoms with Crippen molar-refractivity contribution in [1.82, 2.24) is 9.38 Å². The molecule has 0 fully saturated rings. The molecule has 18 heavy (non-hydrogen) atoms. The molecule has 0 aliphatic heterocycles. The van der Waals surface area contributed by atoms with Gasteiger partial charge in [-0.05, 0) is 46.9 Å². The fourth-order valence-corrected chi connectivity index (χ4v) is 2.30. The molecule has 0 atom stereocenters. The van der Waals surface area contributed by atoms with E-state index in [4.69, 9.17) is 5.26 Å². The Morgan fingerprint density at radius 3 is 2.56 bits per heavy atom. The van der Waals surface area contributed by atoms with Crippen molar-refractivity contribution in [2.75, 3.05) is 0 Å². The van der Waals surface area contributed by atoms with Crippen LogP contribution in [-0.2, 0) is 0 Å². The zero-order chi connectivity index (χ0) is 12.5. The molecule has 0 unspecified atom stereocenters. The summed E-state index contributed by atoms with van der Waals surface area (Å²) in [5, 5.41) is 8.77. The van der Waals surface area contributed by atoms with Crippen molar-refractivity contribution in [3.8, 4) is 17.3 Å². The Labute approximate surface area is 118 Å². The monoisotopic (exact) mass is 345 g/mol. The van der Waals surface area contributed by atoms with E-state index in [0.717, 1.165) is 16.9 Å². The second-order valence-corrected chi connectivity index (χ2v) is 5.17. The Balaban J connectivity index is 2.10. The Hall–Kier alpha value is -1.87. The Morgan fingerprint density at radius 2 is 1.83 bits per heavy atom. The summed E-state index contributed by atoms with van der Waals surface area (Å²) in [5.41, 5.74) is 3.53. The Morgan fingerprint density at radius 1 is 1.06 bits per heavy atom. The summed E-state index contributed by atoms with van der Waals surface area (Å²) in [4.78, 5) is 4.56. The Bertz CT molecular complexity index is 751. The molecular weight excluding hydrogens is 337 g/mol. The van der Waals surface area contributed by atoms with Gasteiger partial charge in [0.1, 0.15) is 5.65 Å². The first-order valence-corrected chi connectivity index (χ1v) is 6.49. The van der Waals surface area contributed by atoms with Crippen LogP contribution in [0, 0.1) is 14.9 Å². The van der Waals surface area contributed by atoms with Crippen molar-refractivity contribution in [1.29, 1.82) is 5.26 Å². The van der Waals surface area contributed by atoms with Gasteiger partial charge in [-0.15, -0.1) is 0 Å². The molecule has 3 nitrogen and oxygen atoms in total. The van der Waals surface area contributed by atoms with Crippen LogP contribution in [-0.4, -0.2) is 9.38 Å². The highest BCUT2D eigenvalue weighted by Crippen LogP contribution is 2.20. The number of hydrogen-bond donors (Lipinski definition) is 0. The van der Waals surface area contributed by atoms with Crippen molar-refractivity contribution < 1.29 is 0 Å². The van der Waals surface area contributed by atoms with E-state index in [0.29, 0.717) is 5.56 Å². The standard InChI is InChI=1S/C14H8IN3/c15-12-5-6-14-17-13(9-18(14)8-12)11-3-1-10(7-16)2-4-11/h1-6,8-9H. The first kappa shape index (κ1) is 11.2. The number of halogens is 1. The highest BCUT2D eigenvalue weighted by molar-refractivity contribution is 14.1. The number of nitriles is 1. The molecule has 0 amide bonds. The lowest BCUT2D eigenvalue weighted by Gasteiger charge is -1.94. The van der Waals surface area contributed by atoms with Gasteiger partial charge in [-0.2, -0.15) is 5.26 Å². The molecule has 0 radical (unpaired) electrons. The number of rotatable bonds is 1. The number of imidazole rings is 1. The van der Waals surface area contributed by atoms with E-state index in [2.05, 4.69) is 33.6 Å². The lowest BCUT2D eigenvalue weighted by Crippen LogP contribution is -1.82. The molecule has 0 bridgehead atoms. The van der Waals surface area contributed by atoms with Crippen LogP contribution in [0.3, 0.4) is 0 Å². The number of hydrogen-bond acceptors (Lipinski definition) is 2. The first-order chi connectivity index (χ1) is 8.76. The first-order valence-electron chi connectivity index (χ1n) is 5.41. The van der Waals surface area contributed by atoms with Gasteiger partial charge in [0.05, 0.1) is 17.3 Å². The average molecular weight is 345 g/mol. The molecule has 3 rings (SSSR count). The van der Waals surface area contributed by atoms with Crippen LogP contribution in [0.4, 0.5) is 0 Å². The molecular formula is C14H8IN3. The molecule has 86 valence electrons. The average Bonchev–Trinajstić information content (AvgIpc) is 2.81. The molecule has 2 heterocycles. The SMILES string of the molecule is N#Cc1ccc(-c2cn3cc(I)ccc3n2)cc1. The second-order valence-electron chi connectivity index (χ2n) is 3.93. The van der Waals surface area contributed by atoms with Crippen molar-refractivity contribution in [2.45, 2.75) is 0 Å². The van der Waals surface area contributed by atoms with E-state index < -0.39 is 0 Å². The van der Waals surface area contributed by atoms with E-state index in [1.54, 1.807) is 0 Å². The third kappa shape index (κ3) is 1.97. The van der Waals surface area contributed by atoms with Gasteiger partial charge in [0.25, 0.3) is 0 Å². The number of fused-ring (bicyclic) bond motifs is 1. The fourth-order valence-electron chi connectivity index (χ4n) is 1.82. The summed E-state index contributed by atoms with van der Waals surface area (Å²) in [7, 11) is 0. The summed E-state index contributed by atoms with van der Waals surface area (Å²) in [6.45, 7) is 0. The van der Waals surface area contributed by atoms with Gasteiger partial charge in [0.15, 0.2) is 0 Å². The maximum Gasteiger partial charge on any atom is 0.137 e. The van der Waals surface area contributed by atoms with E-state index in [1.807, 2.05) is 53.2 Å². The largest absolute Gasteiger partial charge is 0.305 e. The van der Waals surface area contributed by atoms with Gasteiger partial charge in [-0.1, -0.05) is 12.1 Å². The summed E-state index contributed by atoms with van der Waals surface area (Å²) in [5.74, 6) is 0. The zero-order valence-corrected chi connectivity index (χ0v) is 11.5. The smallest absolute Gasteiger partial charge is 0.137 e. The third-order valence-electron chi connectivity index (χ3n) is 2.72.